The van der Waals surface area contributed by atoms with Crippen LogP contribution in [0.25, 0.3) is 0 Å². The summed E-state index contributed by atoms with van der Waals surface area (Å²) >= 11 is 0. The van der Waals surface area contributed by atoms with Crippen molar-refractivity contribution in [2.45, 2.75) is 63.4 Å². The lowest BCUT2D eigenvalue weighted by Gasteiger charge is -2.32. The van der Waals surface area contributed by atoms with Gasteiger partial charge in [0.15, 0.2) is 0 Å². The molecule has 1 saturated heterocycles. The van der Waals surface area contributed by atoms with Crippen LogP contribution in [0.2, 0.25) is 0 Å². The van der Waals surface area contributed by atoms with E-state index in [0.29, 0.717) is 19.8 Å². The zero-order valence-corrected chi connectivity index (χ0v) is 14.6. The van der Waals surface area contributed by atoms with Crippen molar-refractivity contribution < 1.29 is 14.3 Å². The van der Waals surface area contributed by atoms with Crippen LogP contribution in [0.4, 0.5) is 0 Å². The molecule has 0 aromatic carbocycles. The van der Waals surface area contributed by atoms with Crippen LogP contribution in [-0.2, 0) is 20.9 Å². The fourth-order valence-corrected chi connectivity index (χ4v) is 4.25. The number of ether oxygens (including phenoxy) is 2. The van der Waals surface area contributed by atoms with Gasteiger partial charge in [0.2, 0.25) is 5.91 Å². The molecule has 1 saturated carbocycles. The van der Waals surface area contributed by atoms with Crippen molar-refractivity contribution in [2.24, 2.45) is 0 Å². The summed E-state index contributed by atoms with van der Waals surface area (Å²) in [4.78, 5) is 19.2. The predicted octanol–water partition coefficient (Wildman–Crippen LogP) is 2.86. The highest BCUT2D eigenvalue weighted by molar-refractivity contribution is 5.93. The summed E-state index contributed by atoms with van der Waals surface area (Å²) in [6.07, 6.45) is 12.0. The fraction of sp³-hybridized carbons (Fsp3) is 0.600. The third-order valence-electron chi connectivity index (χ3n) is 5.55. The van der Waals surface area contributed by atoms with Crippen LogP contribution in [-0.4, -0.2) is 47.2 Å². The van der Waals surface area contributed by atoms with E-state index in [4.69, 9.17) is 9.47 Å². The first-order valence-corrected chi connectivity index (χ1v) is 9.45. The van der Waals surface area contributed by atoms with Crippen LogP contribution in [0.15, 0.2) is 36.2 Å². The molecule has 5 heteroatoms. The van der Waals surface area contributed by atoms with Crippen LogP contribution < -0.4 is 0 Å². The van der Waals surface area contributed by atoms with Gasteiger partial charge in [-0.2, -0.15) is 0 Å². The second kappa shape index (κ2) is 7.67. The minimum atomic E-state index is -0.0455. The van der Waals surface area contributed by atoms with E-state index in [1.165, 1.54) is 6.42 Å². The molecular formula is C20H26N2O3. The summed E-state index contributed by atoms with van der Waals surface area (Å²) < 4.78 is 12.2. The van der Waals surface area contributed by atoms with E-state index >= 15 is 0 Å². The van der Waals surface area contributed by atoms with Gasteiger partial charge < -0.3 is 14.4 Å². The number of amides is 1. The smallest absolute Gasteiger partial charge is 0.249 e. The number of pyridine rings is 1. The molecule has 0 N–H and O–H groups in total. The number of carbonyl (C=O) groups excluding carboxylic acids is 1. The predicted molar refractivity (Wildman–Crippen MR) is 93.8 cm³/mol. The summed E-state index contributed by atoms with van der Waals surface area (Å²) in [7, 11) is 0. The summed E-state index contributed by atoms with van der Waals surface area (Å²) in [6, 6.07) is 4.06. The molecule has 0 unspecified atom stereocenters. The number of hydrogen-bond acceptors (Lipinski definition) is 4. The molecule has 25 heavy (non-hydrogen) atoms. The van der Waals surface area contributed by atoms with Gasteiger partial charge in [-0.15, -0.1) is 0 Å². The van der Waals surface area contributed by atoms with Crippen molar-refractivity contribution in [3.63, 3.8) is 0 Å². The quantitative estimate of drug-likeness (QED) is 0.844. The number of fused-ring (bicyclic) bond motifs is 2. The Morgan fingerprint density at radius 2 is 2.32 bits per heavy atom. The number of hydrogen-bond donors (Lipinski definition) is 0. The molecule has 2 fully saturated rings. The zero-order chi connectivity index (χ0) is 17.1. The van der Waals surface area contributed by atoms with Gasteiger partial charge in [-0.25, -0.2) is 0 Å². The van der Waals surface area contributed by atoms with E-state index in [-0.39, 0.29) is 24.2 Å². The summed E-state index contributed by atoms with van der Waals surface area (Å²) in [5.74, 6) is 0.200. The minimum Gasteiger partial charge on any atom is -0.374 e. The number of nitrogens with zero attached hydrogens (tertiary/aromatic N) is 2. The lowest BCUT2D eigenvalue weighted by molar-refractivity contribution is -0.132. The highest BCUT2D eigenvalue weighted by Crippen LogP contribution is 2.34. The van der Waals surface area contributed by atoms with E-state index in [1.54, 1.807) is 6.20 Å². The van der Waals surface area contributed by atoms with E-state index in [9.17, 15) is 4.79 Å². The second-order valence-electron chi connectivity index (χ2n) is 7.16. The Hall–Kier alpha value is -1.72. The van der Waals surface area contributed by atoms with Crippen molar-refractivity contribution in [3.05, 3.63) is 41.7 Å². The lowest BCUT2D eigenvalue weighted by Crippen LogP contribution is -2.47. The number of allylic oxidation sites excluding steroid dienone is 1. The topological polar surface area (TPSA) is 51.7 Å². The molecule has 134 valence electrons. The molecule has 1 aromatic heterocycles. The Labute approximate surface area is 149 Å². The number of aromatic nitrogens is 1. The molecule has 3 atom stereocenters. The van der Waals surface area contributed by atoms with E-state index in [2.05, 4.69) is 11.1 Å². The lowest BCUT2D eigenvalue weighted by atomic mass is 9.97. The highest BCUT2D eigenvalue weighted by Gasteiger charge is 2.45. The molecule has 2 bridgehead atoms. The maximum atomic E-state index is 13.1. The van der Waals surface area contributed by atoms with Gasteiger partial charge >= 0.3 is 0 Å². The molecule has 5 nitrogen and oxygen atoms in total. The average molecular weight is 342 g/mol. The SMILES string of the molecule is O=C(C1=CCCCC1)N1CCO[C@H]2CC[C@H]1[C@@H]2OCc1cccnc1. The van der Waals surface area contributed by atoms with Crippen molar-refractivity contribution in [1.29, 1.82) is 0 Å². The summed E-state index contributed by atoms with van der Waals surface area (Å²) in [5.41, 5.74) is 2.04. The average Bonchev–Trinajstić information content (AvgIpc) is 2.96. The van der Waals surface area contributed by atoms with Gasteiger partial charge in [-0.1, -0.05) is 12.1 Å². The monoisotopic (exact) mass is 342 g/mol. The van der Waals surface area contributed by atoms with Crippen molar-refractivity contribution in [1.82, 2.24) is 9.88 Å². The third-order valence-corrected chi connectivity index (χ3v) is 5.55. The van der Waals surface area contributed by atoms with Gasteiger partial charge in [0.1, 0.15) is 6.10 Å². The minimum absolute atomic E-state index is 0.0455. The number of carbonyl (C=O) groups is 1. The van der Waals surface area contributed by atoms with Crippen LogP contribution in [0.1, 0.15) is 44.1 Å². The van der Waals surface area contributed by atoms with Crippen LogP contribution in [0.5, 0.6) is 0 Å². The summed E-state index contributed by atoms with van der Waals surface area (Å²) in [5, 5.41) is 0. The van der Waals surface area contributed by atoms with Crippen molar-refractivity contribution in [3.8, 4) is 0 Å². The van der Waals surface area contributed by atoms with Crippen LogP contribution in [0.3, 0.4) is 0 Å². The van der Waals surface area contributed by atoms with Crippen molar-refractivity contribution in [2.75, 3.05) is 13.2 Å². The third kappa shape index (κ3) is 3.62. The Bertz CT molecular complexity index is 631. The second-order valence-corrected chi connectivity index (χ2v) is 7.16. The van der Waals surface area contributed by atoms with Gasteiger partial charge in [0, 0.05) is 24.5 Å². The molecule has 2 heterocycles. The molecule has 1 aromatic rings. The Morgan fingerprint density at radius 1 is 1.36 bits per heavy atom. The Morgan fingerprint density at radius 3 is 3.12 bits per heavy atom. The van der Waals surface area contributed by atoms with Crippen LogP contribution in [0, 0.1) is 0 Å². The highest BCUT2D eigenvalue weighted by atomic mass is 16.5. The molecule has 1 amide bonds. The van der Waals surface area contributed by atoms with Gasteiger partial charge in [0.05, 0.1) is 25.4 Å². The Balaban J connectivity index is 1.48. The van der Waals surface area contributed by atoms with Crippen LogP contribution >= 0.6 is 0 Å². The maximum Gasteiger partial charge on any atom is 0.249 e. The zero-order valence-electron chi connectivity index (χ0n) is 14.6. The number of rotatable bonds is 4. The fourth-order valence-electron chi connectivity index (χ4n) is 4.25. The molecule has 4 rings (SSSR count). The Kier molecular flexibility index (Phi) is 5.13. The van der Waals surface area contributed by atoms with E-state index < -0.39 is 0 Å². The molecule has 3 aliphatic rings. The molecular weight excluding hydrogens is 316 g/mol. The maximum absolute atomic E-state index is 13.1. The molecule has 0 spiro atoms. The van der Waals surface area contributed by atoms with Crippen molar-refractivity contribution >= 4 is 5.91 Å². The molecule has 1 aliphatic heterocycles. The van der Waals surface area contributed by atoms with Gasteiger partial charge in [-0.3, -0.25) is 9.78 Å². The first-order chi connectivity index (χ1) is 12.3. The first-order valence-electron chi connectivity index (χ1n) is 9.45. The standard InChI is InChI=1S/C20H26N2O3/c23-20(16-6-2-1-3-7-16)22-11-12-24-18-9-8-17(22)19(18)25-14-15-5-4-10-21-13-15/h4-6,10,13,17-19H,1-3,7-9,11-12,14H2/t17-,18-,19-/m0/s1. The molecule has 2 aliphatic carbocycles. The largest absolute Gasteiger partial charge is 0.374 e. The van der Waals surface area contributed by atoms with E-state index in [0.717, 1.165) is 43.2 Å². The first kappa shape index (κ1) is 16.7. The van der Waals surface area contributed by atoms with E-state index in [1.807, 2.05) is 23.2 Å². The van der Waals surface area contributed by atoms with Gasteiger partial charge in [0.25, 0.3) is 0 Å². The van der Waals surface area contributed by atoms with Gasteiger partial charge in [-0.05, 0) is 50.2 Å². The molecule has 0 radical (unpaired) electrons. The summed E-state index contributed by atoms with van der Waals surface area (Å²) in [6.45, 7) is 1.79. The normalized spacial score (nSPS) is 29.2.